The van der Waals surface area contributed by atoms with Crippen molar-refractivity contribution in [3.63, 3.8) is 0 Å². The third-order valence-electron chi connectivity index (χ3n) is 2.56. The van der Waals surface area contributed by atoms with Gasteiger partial charge in [-0.05, 0) is 12.8 Å². The van der Waals surface area contributed by atoms with Gasteiger partial charge in [0.25, 0.3) is 0 Å². The van der Waals surface area contributed by atoms with E-state index in [1.807, 2.05) is 11.8 Å². The fourth-order valence-corrected chi connectivity index (χ4v) is 3.08. The van der Waals surface area contributed by atoms with Gasteiger partial charge in [0, 0.05) is 29.5 Å². The number of carboxylic acid groups (broad SMARTS) is 1. The molecule has 0 aromatic heterocycles. The standard InChI is InChI=1S/C9H18N2O2S/c10-6-5-14-7(9(6)11)3-1-2-4-8(12)13/h6-7,9H,1-5,10-11H2,(H,12,13)/t6-,7?,9-/m0/s1. The van der Waals surface area contributed by atoms with Crippen LogP contribution in [0.3, 0.4) is 0 Å². The first-order valence-electron chi connectivity index (χ1n) is 4.96. The average Bonchev–Trinajstić information content (AvgIpc) is 2.43. The second-order valence-corrected chi connectivity index (χ2v) is 5.02. The average molecular weight is 218 g/mol. The Morgan fingerprint density at radius 3 is 2.64 bits per heavy atom. The van der Waals surface area contributed by atoms with E-state index in [0.717, 1.165) is 25.0 Å². The van der Waals surface area contributed by atoms with Crippen molar-refractivity contribution in [3.05, 3.63) is 0 Å². The van der Waals surface area contributed by atoms with Gasteiger partial charge in [0.15, 0.2) is 0 Å². The lowest BCUT2D eigenvalue weighted by Gasteiger charge is -2.16. The lowest BCUT2D eigenvalue weighted by Crippen LogP contribution is -2.43. The van der Waals surface area contributed by atoms with Crippen molar-refractivity contribution >= 4 is 17.7 Å². The molecule has 1 unspecified atom stereocenters. The van der Waals surface area contributed by atoms with Gasteiger partial charge in [0.2, 0.25) is 0 Å². The lowest BCUT2D eigenvalue weighted by molar-refractivity contribution is -0.137. The summed E-state index contributed by atoms with van der Waals surface area (Å²) in [5, 5.41) is 8.88. The zero-order valence-corrected chi connectivity index (χ0v) is 9.00. The molecule has 0 aromatic rings. The van der Waals surface area contributed by atoms with Gasteiger partial charge < -0.3 is 16.6 Å². The molecule has 1 rings (SSSR count). The Hall–Kier alpha value is -0.260. The minimum absolute atomic E-state index is 0.0878. The highest BCUT2D eigenvalue weighted by atomic mass is 32.2. The Kier molecular flexibility index (Phi) is 4.71. The van der Waals surface area contributed by atoms with Crippen LogP contribution < -0.4 is 11.5 Å². The fraction of sp³-hybridized carbons (Fsp3) is 0.889. The molecule has 5 N–H and O–H groups in total. The van der Waals surface area contributed by atoms with E-state index >= 15 is 0 Å². The Balaban J connectivity index is 2.10. The van der Waals surface area contributed by atoms with Crippen LogP contribution in [0, 0.1) is 0 Å². The molecule has 0 bridgehead atoms. The van der Waals surface area contributed by atoms with E-state index in [2.05, 4.69) is 0 Å². The summed E-state index contributed by atoms with van der Waals surface area (Å²) in [4.78, 5) is 10.3. The fourth-order valence-electron chi connectivity index (χ4n) is 1.63. The Morgan fingerprint density at radius 2 is 2.14 bits per heavy atom. The highest BCUT2D eigenvalue weighted by molar-refractivity contribution is 8.00. The van der Waals surface area contributed by atoms with Crippen molar-refractivity contribution < 1.29 is 9.90 Å². The van der Waals surface area contributed by atoms with E-state index in [1.54, 1.807) is 0 Å². The van der Waals surface area contributed by atoms with Gasteiger partial charge in [0.05, 0.1) is 0 Å². The summed E-state index contributed by atoms with van der Waals surface area (Å²) in [6, 6.07) is 0.203. The molecule has 0 aliphatic carbocycles. The highest BCUT2D eigenvalue weighted by Crippen LogP contribution is 2.28. The number of carbonyl (C=O) groups is 1. The van der Waals surface area contributed by atoms with Crippen LogP contribution in [0.15, 0.2) is 0 Å². The zero-order chi connectivity index (χ0) is 10.6. The number of hydrogen-bond acceptors (Lipinski definition) is 4. The van der Waals surface area contributed by atoms with Crippen molar-refractivity contribution in [2.24, 2.45) is 11.5 Å². The largest absolute Gasteiger partial charge is 0.481 e. The minimum Gasteiger partial charge on any atom is -0.481 e. The number of aliphatic carboxylic acids is 1. The zero-order valence-electron chi connectivity index (χ0n) is 8.19. The Labute approximate surface area is 88.4 Å². The molecule has 0 spiro atoms. The van der Waals surface area contributed by atoms with E-state index in [0.29, 0.717) is 5.25 Å². The molecule has 1 aliphatic heterocycles. The van der Waals surface area contributed by atoms with Crippen molar-refractivity contribution in [2.75, 3.05) is 5.75 Å². The summed E-state index contributed by atoms with van der Waals surface area (Å²) in [5.74, 6) is 0.218. The molecule has 1 fully saturated rings. The van der Waals surface area contributed by atoms with Gasteiger partial charge in [-0.15, -0.1) is 0 Å². The molecule has 5 heteroatoms. The van der Waals surface area contributed by atoms with Gasteiger partial charge in [0.1, 0.15) is 0 Å². The molecule has 0 aromatic carbocycles. The first-order valence-corrected chi connectivity index (χ1v) is 6.00. The molecule has 0 saturated carbocycles. The van der Waals surface area contributed by atoms with Gasteiger partial charge in [-0.2, -0.15) is 11.8 Å². The number of unbranched alkanes of at least 4 members (excludes halogenated alkanes) is 1. The van der Waals surface area contributed by atoms with Crippen molar-refractivity contribution in [3.8, 4) is 0 Å². The molecule has 1 aliphatic rings. The van der Waals surface area contributed by atoms with Gasteiger partial charge in [-0.3, -0.25) is 4.79 Å². The van der Waals surface area contributed by atoms with E-state index in [1.165, 1.54) is 0 Å². The van der Waals surface area contributed by atoms with Crippen molar-refractivity contribution in [1.29, 1.82) is 0 Å². The number of thioether (sulfide) groups is 1. The van der Waals surface area contributed by atoms with Crippen LogP contribution in [0.1, 0.15) is 25.7 Å². The van der Waals surface area contributed by atoms with E-state index in [-0.39, 0.29) is 18.5 Å². The van der Waals surface area contributed by atoms with Crippen LogP contribution in [0.25, 0.3) is 0 Å². The van der Waals surface area contributed by atoms with Crippen LogP contribution in [-0.2, 0) is 4.79 Å². The van der Waals surface area contributed by atoms with Crippen LogP contribution in [0.5, 0.6) is 0 Å². The van der Waals surface area contributed by atoms with Gasteiger partial charge in [-0.25, -0.2) is 0 Å². The van der Waals surface area contributed by atoms with Crippen molar-refractivity contribution in [2.45, 2.75) is 43.0 Å². The maximum absolute atomic E-state index is 10.3. The third-order valence-corrected chi connectivity index (χ3v) is 4.11. The highest BCUT2D eigenvalue weighted by Gasteiger charge is 2.30. The SMILES string of the molecule is N[C@@H]1C(CCCCC(=O)O)SC[C@@H]1N. The summed E-state index contributed by atoms with van der Waals surface area (Å²) in [6.07, 6.45) is 2.93. The van der Waals surface area contributed by atoms with Crippen LogP contribution in [-0.4, -0.2) is 34.2 Å². The van der Waals surface area contributed by atoms with Crippen molar-refractivity contribution in [1.82, 2.24) is 0 Å². The normalized spacial score (nSPS) is 32.0. The molecule has 1 heterocycles. The molecule has 3 atom stereocenters. The van der Waals surface area contributed by atoms with Crippen LogP contribution in [0.4, 0.5) is 0 Å². The second kappa shape index (κ2) is 5.58. The Morgan fingerprint density at radius 1 is 1.43 bits per heavy atom. The minimum atomic E-state index is -0.718. The number of nitrogens with two attached hydrogens (primary N) is 2. The molecule has 0 amide bonds. The van der Waals surface area contributed by atoms with Gasteiger partial charge >= 0.3 is 5.97 Å². The second-order valence-electron chi connectivity index (χ2n) is 3.75. The van der Waals surface area contributed by atoms with E-state index in [9.17, 15) is 4.79 Å². The summed E-state index contributed by atoms with van der Waals surface area (Å²) >= 11 is 1.82. The van der Waals surface area contributed by atoms with Crippen LogP contribution in [0.2, 0.25) is 0 Å². The first kappa shape index (κ1) is 11.8. The summed E-state index contributed by atoms with van der Waals surface area (Å²) in [7, 11) is 0. The van der Waals surface area contributed by atoms with E-state index < -0.39 is 5.97 Å². The maximum atomic E-state index is 10.3. The molecule has 82 valence electrons. The predicted molar refractivity (Wildman–Crippen MR) is 58.3 cm³/mol. The first-order chi connectivity index (χ1) is 6.61. The quantitative estimate of drug-likeness (QED) is 0.581. The molecular weight excluding hydrogens is 200 g/mol. The number of hydrogen-bond donors (Lipinski definition) is 3. The Bertz CT molecular complexity index is 201. The lowest BCUT2D eigenvalue weighted by atomic mass is 10.0. The predicted octanol–water partition coefficient (Wildman–Crippen LogP) is 0.401. The smallest absolute Gasteiger partial charge is 0.303 e. The van der Waals surface area contributed by atoms with Gasteiger partial charge in [-0.1, -0.05) is 6.42 Å². The molecule has 4 nitrogen and oxygen atoms in total. The molecular formula is C9H18N2O2S. The van der Waals surface area contributed by atoms with E-state index in [4.69, 9.17) is 16.6 Å². The summed E-state index contributed by atoms with van der Waals surface area (Å²) < 4.78 is 0. The molecule has 1 saturated heterocycles. The van der Waals surface area contributed by atoms with Crippen LogP contribution >= 0.6 is 11.8 Å². The topological polar surface area (TPSA) is 89.3 Å². The molecule has 14 heavy (non-hydrogen) atoms. The maximum Gasteiger partial charge on any atom is 0.303 e. The third kappa shape index (κ3) is 3.48. The summed E-state index contributed by atoms with van der Waals surface area (Å²) in [5.41, 5.74) is 11.7. The molecule has 0 radical (unpaired) electrons. The monoisotopic (exact) mass is 218 g/mol. The number of carboxylic acids is 1. The summed E-state index contributed by atoms with van der Waals surface area (Å²) in [6.45, 7) is 0. The number of rotatable bonds is 5.